The summed E-state index contributed by atoms with van der Waals surface area (Å²) in [6, 6.07) is 7.53. The van der Waals surface area contributed by atoms with E-state index in [1.807, 2.05) is 38.1 Å². The molecule has 0 aliphatic carbocycles. The van der Waals surface area contributed by atoms with E-state index in [0.717, 1.165) is 11.3 Å². The predicted octanol–water partition coefficient (Wildman–Crippen LogP) is 2.05. The third kappa shape index (κ3) is 3.33. The maximum atomic E-state index is 11.6. The lowest BCUT2D eigenvalue weighted by Crippen LogP contribution is -2.44. The quantitative estimate of drug-likeness (QED) is 0.656. The summed E-state index contributed by atoms with van der Waals surface area (Å²) in [6.07, 6.45) is 0. The molecule has 0 saturated heterocycles. The van der Waals surface area contributed by atoms with Crippen molar-refractivity contribution in [1.29, 1.82) is 0 Å². The molecule has 0 amide bonds. The van der Waals surface area contributed by atoms with Crippen molar-refractivity contribution in [1.82, 2.24) is 10.6 Å². The molecular weight excluding hydrogens is 288 g/mol. The van der Waals surface area contributed by atoms with Crippen molar-refractivity contribution in [3.05, 3.63) is 41.2 Å². The lowest BCUT2D eigenvalue weighted by atomic mass is 10.0. The molecule has 0 radical (unpaired) electrons. The molecule has 112 valence electrons. The van der Waals surface area contributed by atoms with Crippen LogP contribution in [-0.2, 0) is 9.53 Å². The highest BCUT2D eigenvalue weighted by Gasteiger charge is 2.27. The molecule has 0 spiro atoms. The minimum absolute atomic E-state index is 0.177. The summed E-state index contributed by atoms with van der Waals surface area (Å²) in [5.74, 6) is 0.381. The highest BCUT2D eigenvalue weighted by Crippen LogP contribution is 2.23. The number of carbonyl (C=O) groups excluding carboxylic acids is 1. The Labute approximate surface area is 129 Å². The number of methoxy groups -OCH3 is 1. The van der Waals surface area contributed by atoms with E-state index in [1.54, 1.807) is 0 Å². The molecule has 1 aromatic carbocycles. The summed E-state index contributed by atoms with van der Waals surface area (Å²) in [5.41, 5.74) is 2.05. The van der Waals surface area contributed by atoms with Gasteiger partial charge in [0.1, 0.15) is 22.5 Å². The second-order valence-corrected chi connectivity index (χ2v) is 5.00. The number of carbonyl (C=O) groups is 1. The Morgan fingerprint density at radius 3 is 2.57 bits per heavy atom. The molecule has 1 atom stereocenters. The van der Waals surface area contributed by atoms with E-state index in [-0.39, 0.29) is 6.04 Å². The lowest BCUT2D eigenvalue weighted by Gasteiger charge is -2.29. The second-order valence-electron chi connectivity index (χ2n) is 4.56. The van der Waals surface area contributed by atoms with E-state index >= 15 is 0 Å². The average Bonchev–Trinajstić information content (AvgIpc) is 2.49. The van der Waals surface area contributed by atoms with E-state index in [1.165, 1.54) is 7.11 Å². The Bertz CT molecular complexity index is 581. The normalized spacial score (nSPS) is 17.9. The summed E-state index contributed by atoms with van der Waals surface area (Å²) in [6.45, 7) is 4.38. The van der Waals surface area contributed by atoms with Gasteiger partial charge in [0.2, 0.25) is 0 Å². The van der Waals surface area contributed by atoms with Gasteiger partial charge in [0.15, 0.2) is 0 Å². The van der Waals surface area contributed by atoms with Crippen LogP contribution in [0.5, 0.6) is 5.75 Å². The number of nitrogens with one attached hydrogen (secondary N) is 2. The van der Waals surface area contributed by atoms with Crippen molar-refractivity contribution in [2.24, 2.45) is 0 Å². The standard InChI is InChI=1S/C15H18N2O3S/c1-4-20-11-7-5-10(6-8-11)13-14(21)17-12(9(2)16-13)15(18)19-3/h5-8,13,16H,4H2,1-3H3,(H,17,21)/t13-/m0/s1. The molecule has 0 unspecified atom stereocenters. The van der Waals surface area contributed by atoms with Crippen molar-refractivity contribution in [2.45, 2.75) is 19.9 Å². The molecule has 1 aliphatic heterocycles. The van der Waals surface area contributed by atoms with Crippen molar-refractivity contribution in [3.63, 3.8) is 0 Å². The van der Waals surface area contributed by atoms with Gasteiger partial charge in [0, 0.05) is 5.70 Å². The van der Waals surface area contributed by atoms with Gasteiger partial charge in [-0.05, 0) is 31.5 Å². The molecule has 5 nitrogen and oxygen atoms in total. The maximum absolute atomic E-state index is 11.6. The number of allylic oxidation sites excluding steroid dienone is 1. The van der Waals surface area contributed by atoms with Crippen LogP contribution in [0.3, 0.4) is 0 Å². The third-order valence-electron chi connectivity index (χ3n) is 3.16. The highest BCUT2D eigenvalue weighted by molar-refractivity contribution is 7.80. The van der Waals surface area contributed by atoms with Gasteiger partial charge in [0.05, 0.1) is 13.7 Å². The first-order chi connectivity index (χ1) is 10.1. The fraction of sp³-hybridized carbons (Fsp3) is 0.333. The Morgan fingerprint density at radius 1 is 1.33 bits per heavy atom. The smallest absolute Gasteiger partial charge is 0.356 e. The molecule has 6 heteroatoms. The predicted molar refractivity (Wildman–Crippen MR) is 83.9 cm³/mol. The molecule has 2 rings (SSSR count). The summed E-state index contributed by atoms with van der Waals surface area (Å²) in [5, 5.41) is 6.18. The van der Waals surface area contributed by atoms with Crippen molar-refractivity contribution in [3.8, 4) is 5.75 Å². The van der Waals surface area contributed by atoms with Gasteiger partial charge in [-0.3, -0.25) is 0 Å². The summed E-state index contributed by atoms with van der Waals surface area (Å²) >= 11 is 5.34. The van der Waals surface area contributed by atoms with Gasteiger partial charge in [-0.25, -0.2) is 4.79 Å². The molecule has 1 aromatic rings. The number of rotatable bonds is 4. The molecule has 0 fully saturated rings. The number of hydrogen-bond donors (Lipinski definition) is 2. The van der Waals surface area contributed by atoms with Crippen LogP contribution in [0.4, 0.5) is 0 Å². The number of benzene rings is 1. The Balaban J connectivity index is 2.20. The first-order valence-electron chi connectivity index (χ1n) is 6.66. The Hall–Kier alpha value is -2.08. The monoisotopic (exact) mass is 306 g/mol. The Morgan fingerprint density at radius 2 is 2.00 bits per heavy atom. The number of hydrogen-bond acceptors (Lipinski definition) is 5. The van der Waals surface area contributed by atoms with Crippen LogP contribution in [-0.4, -0.2) is 24.7 Å². The average molecular weight is 306 g/mol. The molecule has 2 N–H and O–H groups in total. The first-order valence-corrected chi connectivity index (χ1v) is 7.07. The van der Waals surface area contributed by atoms with E-state index < -0.39 is 5.97 Å². The van der Waals surface area contributed by atoms with E-state index in [4.69, 9.17) is 21.7 Å². The van der Waals surface area contributed by atoms with Crippen LogP contribution in [0.15, 0.2) is 35.7 Å². The molecule has 0 bridgehead atoms. The lowest BCUT2D eigenvalue weighted by molar-refractivity contribution is -0.136. The van der Waals surface area contributed by atoms with Crippen molar-refractivity contribution in [2.75, 3.05) is 13.7 Å². The summed E-state index contributed by atoms with van der Waals surface area (Å²) in [4.78, 5) is 12.2. The number of thiocarbonyl (C=S) groups is 1. The molecule has 1 heterocycles. The number of ether oxygens (including phenoxy) is 2. The zero-order valence-corrected chi connectivity index (χ0v) is 13.0. The maximum Gasteiger partial charge on any atom is 0.356 e. The van der Waals surface area contributed by atoms with Crippen LogP contribution in [0.2, 0.25) is 0 Å². The molecular formula is C15H18N2O3S. The minimum Gasteiger partial charge on any atom is -0.494 e. The Kier molecular flexibility index (Phi) is 4.80. The summed E-state index contributed by atoms with van der Waals surface area (Å²) in [7, 11) is 1.34. The van der Waals surface area contributed by atoms with Gasteiger partial charge < -0.3 is 20.1 Å². The molecule has 0 saturated carbocycles. The first kappa shape index (κ1) is 15.3. The fourth-order valence-corrected chi connectivity index (χ4v) is 2.40. The van der Waals surface area contributed by atoms with E-state index in [2.05, 4.69) is 10.6 Å². The van der Waals surface area contributed by atoms with Gasteiger partial charge in [-0.2, -0.15) is 0 Å². The van der Waals surface area contributed by atoms with E-state index in [9.17, 15) is 4.79 Å². The van der Waals surface area contributed by atoms with Crippen LogP contribution >= 0.6 is 12.2 Å². The number of esters is 1. The molecule has 0 aromatic heterocycles. The largest absolute Gasteiger partial charge is 0.494 e. The summed E-state index contributed by atoms with van der Waals surface area (Å²) < 4.78 is 10.1. The van der Waals surface area contributed by atoms with Gasteiger partial charge in [0.25, 0.3) is 0 Å². The van der Waals surface area contributed by atoms with Gasteiger partial charge >= 0.3 is 5.97 Å². The zero-order chi connectivity index (χ0) is 15.4. The zero-order valence-electron chi connectivity index (χ0n) is 12.2. The molecule has 1 aliphatic rings. The third-order valence-corrected chi connectivity index (χ3v) is 3.50. The van der Waals surface area contributed by atoms with Gasteiger partial charge in [-0.15, -0.1) is 0 Å². The molecule has 21 heavy (non-hydrogen) atoms. The van der Waals surface area contributed by atoms with Crippen molar-refractivity contribution >= 4 is 23.2 Å². The van der Waals surface area contributed by atoms with Crippen LogP contribution in [0.25, 0.3) is 0 Å². The van der Waals surface area contributed by atoms with E-state index in [0.29, 0.717) is 23.0 Å². The minimum atomic E-state index is -0.438. The fourth-order valence-electron chi connectivity index (χ4n) is 2.11. The van der Waals surface area contributed by atoms with Crippen LogP contribution in [0, 0.1) is 0 Å². The topological polar surface area (TPSA) is 59.6 Å². The van der Waals surface area contributed by atoms with Crippen molar-refractivity contribution < 1.29 is 14.3 Å². The van der Waals surface area contributed by atoms with Crippen LogP contribution in [0.1, 0.15) is 25.5 Å². The van der Waals surface area contributed by atoms with Crippen LogP contribution < -0.4 is 15.4 Å². The SMILES string of the molecule is CCOc1ccc([C@@H]2NC(C)=C(C(=O)OC)NC2=S)cc1. The highest BCUT2D eigenvalue weighted by atomic mass is 32.1. The van der Waals surface area contributed by atoms with Gasteiger partial charge in [-0.1, -0.05) is 24.4 Å². The second kappa shape index (κ2) is 6.58.